The zero-order valence-corrected chi connectivity index (χ0v) is 17.4. The van der Waals surface area contributed by atoms with Crippen LogP contribution in [0.1, 0.15) is 37.9 Å². The molecule has 146 valence electrons. The zero-order valence-electron chi connectivity index (χ0n) is 16.6. The Morgan fingerprint density at radius 2 is 1.52 bits per heavy atom. The SMILES string of the molecule is S=C1C=CC=C(CCCCCc2nc(-c3ccccc3)c(-c3ccccc3)[nH]2)C1. The molecule has 0 unspecified atom stereocenters. The summed E-state index contributed by atoms with van der Waals surface area (Å²) in [7, 11) is 0. The summed E-state index contributed by atoms with van der Waals surface area (Å²) < 4.78 is 0. The lowest BCUT2D eigenvalue weighted by Crippen LogP contribution is -1.97. The van der Waals surface area contributed by atoms with Gasteiger partial charge in [-0.15, -0.1) is 0 Å². The summed E-state index contributed by atoms with van der Waals surface area (Å²) in [5.41, 5.74) is 5.95. The molecule has 0 spiro atoms. The van der Waals surface area contributed by atoms with Crippen LogP contribution in [0.25, 0.3) is 22.5 Å². The van der Waals surface area contributed by atoms with Crippen molar-refractivity contribution in [1.82, 2.24) is 9.97 Å². The minimum absolute atomic E-state index is 0.963. The number of aryl methyl sites for hydroxylation is 1. The van der Waals surface area contributed by atoms with Gasteiger partial charge in [-0.05, 0) is 25.3 Å². The van der Waals surface area contributed by atoms with Crippen molar-refractivity contribution in [3.63, 3.8) is 0 Å². The van der Waals surface area contributed by atoms with E-state index in [1.807, 2.05) is 18.2 Å². The Hall–Kier alpha value is -2.78. The van der Waals surface area contributed by atoms with E-state index in [1.165, 1.54) is 24.0 Å². The van der Waals surface area contributed by atoms with Gasteiger partial charge in [0.2, 0.25) is 0 Å². The lowest BCUT2D eigenvalue weighted by atomic mass is 9.98. The number of aromatic amines is 1. The number of hydrogen-bond acceptors (Lipinski definition) is 2. The minimum Gasteiger partial charge on any atom is -0.341 e. The van der Waals surface area contributed by atoms with Crippen molar-refractivity contribution < 1.29 is 0 Å². The highest BCUT2D eigenvalue weighted by molar-refractivity contribution is 7.80. The Kier molecular flexibility index (Phi) is 6.48. The second-order valence-corrected chi connectivity index (χ2v) is 8.05. The number of hydrogen-bond donors (Lipinski definition) is 1. The molecule has 0 aliphatic heterocycles. The number of thiocarbonyl (C=S) groups is 1. The molecule has 1 N–H and O–H groups in total. The molecule has 1 aromatic heterocycles. The fourth-order valence-corrected chi connectivity index (χ4v) is 4.05. The fourth-order valence-electron chi connectivity index (χ4n) is 3.79. The van der Waals surface area contributed by atoms with E-state index in [-0.39, 0.29) is 0 Å². The van der Waals surface area contributed by atoms with Crippen molar-refractivity contribution in [2.75, 3.05) is 0 Å². The van der Waals surface area contributed by atoms with Gasteiger partial charge >= 0.3 is 0 Å². The van der Waals surface area contributed by atoms with Gasteiger partial charge in [0.05, 0.1) is 11.4 Å². The van der Waals surface area contributed by atoms with E-state index in [1.54, 1.807) is 0 Å². The summed E-state index contributed by atoms with van der Waals surface area (Å²) >= 11 is 5.30. The molecule has 2 aromatic carbocycles. The monoisotopic (exact) mass is 398 g/mol. The lowest BCUT2D eigenvalue weighted by molar-refractivity contribution is 0.661. The van der Waals surface area contributed by atoms with E-state index in [4.69, 9.17) is 17.2 Å². The van der Waals surface area contributed by atoms with Crippen LogP contribution < -0.4 is 0 Å². The van der Waals surface area contributed by atoms with Crippen molar-refractivity contribution in [3.8, 4) is 22.5 Å². The van der Waals surface area contributed by atoms with Crippen LogP contribution in [0, 0.1) is 0 Å². The van der Waals surface area contributed by atoms with Gasteiger partial charge in [-0.25, -0.2) is 4.98 Å². The molecule has 1 aliphatic rings. The number of H-pyrrole nitrogens is 1. The highest BCUT2D eigenvalue weighted by Gasteiger charge is 2.13. The molecule has 1 heterocycles. The van der Waals surface area contributed by atoms with E-state index < -0.39 is 0 Å². The summed E-state index contributed by atoms with van der Waals surface area (Å²) in [6.07, 6.45) is 13.0. The highest BCUT2D eigenvalue weighted by Crippen LogP contribution is 2.30. The predicted octanol–water partition coefficient (Wildman–Crippen LogP) is 7.10. The van der Waals surface area contributed by atoms with Crippen LogP contribution in [0.3, 0.4) is 0 Å². The van der Waals surface area contributed by atoms with Crippen LogP contribution in [0.2, 0.25) is 0 Å². The van der Waals surface area contributed by atoms with Gasteiger partial charge in [0.15, 0.2) is 0 Å². The quantitative estimate of drug-likeness (QED) is 0.324. The fraction of sp³-hybridized carbons (Fsp3) is 0.231. The molecule has 4 rings (SSSR count). The van der Waals surface area contributed by atoms with Crippen LogP contribution in [-0.2, 0) is 6.42 Å². The van der Waals surface area contributed by atoms with E-state index >= 15 is 0 Å². The van der Waals surface area contributed by atoms with Crippen molar-refractivity contribution in [2.45, 2.75) is 38.5 Å². The number of imidazole rings is 1. The Morgan fingerprint density at radius 1 is 0.828 bits per heavy atom. The van der Waals surface area contributed by atoms with Gasteiger partial charge in [0.25, 0.3) is 0 Å². The Bertz CT molecular complexity index is 956. The number of nitrogens with zero attached hydrogens (tertiary/aromatic N) is 1. The molecular weight excluding hydrogens is 372 g/mol. The van der Waals surface area contributed by atoms with Gasteiger partial charge < -0.3 is 4.98 Å². The molecule has 0 amide bonds. The Labute approximate surface area is 178 Å². The third-order valence-electron chi connectivity index (χ3n) is 5.29. The first-order valence-electron chi connectivity index (χ1n) is 10.4. The van der Waals surface area contributed by atoms with E-state index in [0.717, 1.165) is 53.3 Å². The number of rotatable bonds is 8. The van der Waals surface area contributed by atoms with Gasteiger partial charge in [-0.3, -0.25) is 0 Å². The topological polar surface area (TPSA) is 28.7 Å². The average molecular weight is 399 g/mol. The first-order chi connectivity index (χ1) is 14.3. The molecule has 0 saturated heterocycles. The number of unbranched alkanes of at least 4 members (excludes halogenated alkanes) is 2. The number of allylic oxidation sites excluding steroid dienone is 4. The van der Waals surface area contributed by atoms with E-state index in [0.29, 0.717) is 0 Å². The van der Waals surface area contributed by atoms with Crippen molar-refractivity contribution in [3.05, 3.63) is 90.3 Å². The molecule has 0 saturated carbocycles. The maximum absolute atomic E-state index is 5.30. The maximum Gasteiger partial charge on any atom is 0.107 e. The molecule has 0 radical (unpaired) electrons. The summed E-state index contributed by atoms with van der Waals surface area (Å²) in [4.78, 5) is 9.61. The number of benzene rings is 2. The normalized spacial score (nSPS) is 13.5. The largest absolute Gasteiger partial charge is 0.341 e. The van der Waals surface area contributed by atoms with Crippen LogP contribution in [0.5, 0.6) is 0 Å². The Morgan fingerprint density at radius 3 is 2.24 bits per heavy atom. The van der Waals surface area contributed by atoms with Crippen molar-refractivity contribution in [2.24, 2.45) is 0 Å². The molecule has 29 heavy (non-hydrogen) atoms. The van der Waals surface area contributed by atoms with Crippen molar-refractivity contribution in [1.29, 1.82) is 0 Å². The van der Waals surface area contributed by atoms with Gasteiger partial charge in [-0.1, -0.05) is 97.0 Å². The molecule has 0 atom stereocenters. The van der Waals surface area contributed by atoms with Crippen LogP contribution in [-0.4, -0.2) is 14.8 Å². The minimum atomic E-state index is 0.963. The molecule has 1 aliphatic carbocycles. The summed E-state index contributed by atoms with van der Waals surface area (Å²) in [5, 5.41) is 0. The highest BCUT2D eigenvalue weighted by atomic mass is 32.1. The third kappa shape index (κ3) is 5.18. The number of aromatic nitrogens is 2. The maximum atomic E-state index is 5.30. The first-order valence-corrected chi connectivity index (χ1v) is 10.8. The first kappa shape index (κ1) is 19.5. The van der Waals surface area contributed by atoms with Crippen LogP contribution in [0.4, 0.5) is 0 Å². The molecule has 0 fully saturated rings. The smallest absolute Gasteiger partial charge is 0.107 e. The average Bonchev–Trinajstić information content (AvgIpc) is 3.19. The standard InChI is InChI=1S/C26H26N2S/c29-23-17-10-12-20(19-23)11-4-1-9-18-24-27-25(21-13-5-2-6-14-21)26(28-24)22-15-7-3-8-16-22/h2-3,5-8,10,12-17H,1,4,9,11,18-19H2,(H,27,28). The van der Waals surface area contributed by atoms with Gasteiger partial charge in [-0.2, -0.15) is 0 Å². The second kappa shape index (κ2) is 9.62. The molecule has 3 aromatic rings. The number of nitrogens with one attached hydrogen (secondary N) is 1. The molecule has 2 nitrogen and oxygen atoms in total. The summed E-state index contributed by atoms with van der Waals surface area (Å²) in [6.45, 7) is 0. The van der Waals surface area contributed by atoms with Gasteiger partial charge in [0, 0.05) is 28.8 Å². The van der Waals surface area contributed by atoms with Crippen LogP contribution in [0.15, 0.2) is 84.5 Å². The summed E-state index contributed by atoms with van der Waals surface area (Å²) in [6, 6.07) is 20.9. The second-order valence-electron chi connectivity index (χ2n) is 7.53. The lowest BCUT2D eigenvalue weighted by Gasteiger charge is -2.09. The summed E-state index contributed by atoms with van der Waals surface area (Å²) in [5.74, 6) is 1.07. The van der Waals surface area contributed by atoms with Gasteiger partial charge in [0.1, 0.15) is 5.82 Å². The Balaban J connectivity index is 1.40. The van der Waals surface area contributed by atoms with Crippen LogP contribution >= 0.6 is 12.2 Å². The van der Waals surface area contributed by atoms with Crippen molar-refractivity contribution >= 4 is 17.1 Å². The zero-order chi connectivity index (χ0) is 19.9. The van der Waals surface area contributed by atoms with E-state index in [2.05, 4.69) is 65.7 Å². The molecule has 0 bridgehead atoms. The predicted molar refractivity (Wildman–Crippen MR) is 126 cm³/mol. The van der Waals surface area contributed by atoms with E-state index in [9.17, 15) is 0 Å². The molecule has 3 heteroatoms. The third-order valence-corrected chi connectivity index (χ3v) is 5.57. The molecular formula is C26H26N2S.